The number of benzene rings is 1. The molecule has 1 saturated heterocycles. The average Bonchev–Trinajstić information content (AvgIpc) is 2.77. The quantitative estimate of drug-likeness (QED) is 0.577. The molecule has 0 spiro atoms. The van der Waals surface area contributed by atoms with Crippen LogP contribution in [0.5, 0.6) is 5.75 Å². The first-order valence-corrected chi connectivity index (χ1v) is 5.67. The predicted octanol–water partition coefficient (Wildman–Crippen LogP) is 1.74. The summed E-state index contributed by atoms with van der Waals surface area (Å²) in [6.45, 7) is 1.57. The maximum atomic E-state index is 11.1. The highest BCUT2D eigenvalue weighted by molar-refractivity contribution is 5.72. The van der Waals surface area contributed by atoms with Crippen LogP contribution >= 0.6 is 0 Å². The van der Waals surface area contributed by atoms with Crippen LogP contribution in [0, 0.1) is 0 Å². The van der Waals surface area contributed by atoms with E-state index in [9.17, 15) is 4.79 Å². The van der Waals surface area contributed by atoms with Crippen molar-refractivity contribution in [3.8, 4) is 5.75 Å². The second kappa shape index (κ2) is 5.68. The molecule has 1 aliphatic rings. The van der Waals surface area contributed by atoms with E-state index in [0.717, 1.165) is 11.3 Å². The van der Waals surface area contributed by atoms with Gasteiger partial charge in [0.25, 0.3) is 0 Å². The molecule has 0 aliphatic carbocycles. The van der Waals surface area contributed by atoms with Crippen molar-refractivity contribution in [1.82, 2.24) is 0 Å². The first kappa shape index (κ1) is 11.9. The summed E-state index contributed by atoms with van der Waals surface area (Å²) in [7, 11) is 1.64. The molecular formula is C13H16O4. The lowest BCUT2D eigenvalue weighted by Crippen LogP contribution is -2.05. The molecular weight excluding hydrogens is 220 g/mol. The molecule has 17 heavy (non-hydrogen) atoms. The van der Waals surface area contributed by atoms with Crippen molar-refractivity contribution in [2.24, 2.45) is 0 Å². The van der Waals surface area contributed by atoms with Crippen LogP contribution in [-0.4, -0.2) is 32.9 Å². The summed E-state index contributed by atoms with van der Waals surface area (Å²) in [6.07, 6.45) is 0.460. The number of carbonyl (C=O) groups excluding carboxylic acids is 1. The Labute approximate surface area is 100 Å². The van der Waals surface area contributed by atoms with Crippen molar-refractivity contribution >= 4 is 5.97 Å². The molecule has 0 radical (unpaired) electrons. The number of cyclic esters (lactones) is 1. The number of carbonyl (C=O) groups is 1. The smallest absolute Gasteiger partial charge is 0.306 e. The van der Waals surface area contributed by atoms with Gasteiger partial charge < -0.3 is 14.2 Å². The minimum absolute atomic E-state index is 0.124. The molecule has 0 unspecified atom stereocenters. The van der Waals surface area contributed by atoms with E-state index in [2.05, 4.69) is 0 Å². The van der Waals surface area contributed by atoms with Gasteiger partial charge in [0.15, 0.2) is 0 Å². The molecule has 2 rings (SSSR count). The van der Waals surface area contributed by atoms with Crippen molar-refractivity contribution in [2.45, 2.75) is 12.3 Å². The van der Waals surface area contributed by atoms with Gasteiger partial charge in [0.1, 0.15) is 12.4 Å². The van der Waals surface area contributed by atoms with Gasteiger partial charge in [-0.05, 0) is 17.7 Å². The van der Waals surface area contributed by atoms with Crippen LogP contribution in [0.25, 0.3) is 0 Å². The number of hydrogen-bond acceptors (Lipinski definition) is 4. The van der Waals surface area contributed by atoms with Crippen LogP contribution in [0.15, 0.2) is 24.3 Å². The van der Waals surface area contributed by atoms with E-state index in [4.69, 9.17) is 14.2 Å². The lowest BCUT2D eigenvalue weighted by Gasteiger charge is -2.10. The van der Waals surface area contributed by atoms with Crippen molar-refractivity contribution in [1.29, 1.82) is 0 Å². The summed E-state index contributed by atoms with van der Waals surface area (Å²) in [4.78, 5) is 11.1. The number of methoxy groups -OCH3 is 1. The van der Waals surface area contributed by atoms with Gasteiger partial charge in [0, 0.05) is 13.0 Å². The minimum atomic E-state index is -0.124. The normalized spacial score (nSPS) is 19.1. The summed E-state index contributed by atoms with van der Waals surface area (Å²) in [6, 6.07) is 7.79. The zero-order valence-electron chi connectivity index (χ0n) is 9.85. The molecule has 92 valence electrons. The van der Waals surface area contributed by atoms with Gasteiger partial charge in [-0.15, -0.1) is 0 Å². The Balaban J connectivity index is 1.98. The molecule has 0 bridgehead atoms. The zero-order chi connectivity index (χ0) is 12.1. The average molecular weight is 236 g/mol. The van der Waals surface area contributed by atoms with E-state index in [1.807, 2.05) is 24.3 Å². The van der Waals surface area contributed by atoms with E-state index < -0.39 is 0 Å². The third-order valence-electron chi connectivity index (χ3n) is 2.74. The molecule has 0 N–H and O–H groups in total. The summed E-state index contributed by atoms with van der Waals surface area (Å²) in [5.74, 6) is 0.841. The van der Waals surface area contributed by atoms with Gasteiger partial charge in [-0.25, -0.2) is 0 Å². The highest BCUT2D eigenvalue weighted by Crippen LogP contribution is 2.28. The van der Waals surface area contributed by atoms with Crippen molar-refractivity contribution in [3.63, 3.8) is 0 Å². The van der Waals surface area contributed by atoms with Crippen LogP contribution in [0.2, 0.25) is 0 Å². The fraction of sp³-hybridized carbons (Fsp3) is 0.462. The fourth-order valence-corrected chi connectivity index (χ4v) is 1.83. The maximum Gasteiger partial charge on any atom is 0.306 e. The monoisotopic (exact) mass is 236 g/mol. The lowest BCUT2D eigenvalue weighted by molar-refractivity contribution is -0.137. The SMILES string of the molecule is COCCOc1cccc([C@@H]2COC(=O)C2)c1. The Bertz CT molecular complexity index is 389. The molecule has 4 heteroatoms. The molecule has 1 aliphatic heterocycles. The van der Waals surface area contributed by atoms with Gasteiger partial charge in [-0.3, -0.25) is 4.79 Å². The van der Waals surface area contributed by atoms with Crippen molar-refractivity contribution < 1.29 is 19.0 Å². The standard InChI is InChI=1S/C13H16O4/c1-15-5-6-16-12-4-2-3-10(7-12)11-8-13(14)17-9-11/h2-4,7,11H,5-6,8-9H2,1H3/t11-/m0/s1. The Morgan fingerprint density at radius 2 is 2.29 bits per heavy atom. The van der Waals surface area contributed by atoms with E-state index in [1.54, 1.807) is 7.11 Å². The molecule has 1 aromatic carbocycles. The van der Waals surface area contributed by atoms with Crippen LogP contribution < -0.4 is 4.74 Å². The Morgan fingerprint density at radius 1 is 1.41 bits per heavy atom. The molecule has 0 amide bonds. The van der Waals surface area contributed by atoms with E-state index in [-0.39, 0.29) is 11.9 Å². The third-order valence-corrected chi connectivity index (χ3v) is 2.74. The second-order valence-corrected chi connectivity index (χ2v) is 4.00. The van der Waals surface area contributed by atoms with Crippen LogP contribution in [-0.2, 0) is 14.3 Å². The second-order valence-electron chi connectivity index (χ2n) is 4.00. The number of ether oxygens (including phenoxy) is 3. The highest BCUT2D eigenvalue weighted by Gasteiger charge is 2.25. The number of hydrogen-bond donors (Lipinski definition) is 0. The largest absolute Gasteiger partial charge is 0.491 e. The van der Waals surface area contributed by atoms with Crippen molar-refractivity contribution in [2.75, 3.05) is 26.9 Å². The number of esters is 1. The number of rotatable bonds is 5. The molecule has 4 nitrogen and oxygen atoms in total. The maximum absolute atomic E-state index is 11.1. The van der Waals surface area contributed by atoms with E-state index >= 15 is 0 Å². The molecule has 1 fully saturated rings. The zero-order valence-corrected chi connectivity index (χ0v) is 9.85. The van der Waals surface area contributed by atoms with Gasteiger partial charge in [-0.2, -0.15) is 0 Å². The van der Waals surface area contributed by atoms with E-state index in [1.165, 1.54) is 0 Å². The van der Waals surface area contributed by atoms with Crippen LogP contribution in [0.1, 0.15) is 17.9 Å². The van der Waals surface area contributed by atoms with Gasteiger partial charge in [-0.1, -0.05) is 12.1 Å². The molecule has 1 atom stereocenters. The summed E-state index contributed by atoms with van der Waals surface area (Å²) in [5.41, 5.74) is 1.09. The lowest BCUT2D eigenvalue weighted by atomic mass is 9.98. The highest BCUT2D eigenvalue weighted by atomic mass is 16.5. The minimum Gasteiger partial charge on any atom is -0.491 e. The first-order chi connectivity index (χ1) is 8.29. The molecule has 0 aromatic heterocycles. The third kappa shape index (κ3) is 3.20. The van der Waals surface area contributed by atoms with Crippen LogP contribution in [0.3, 0.4) is 0 Å². The Morgan fingerprint density at radius 3 is 3.00 bits per heavy atom. The van der Waals surface area contributed by atoms with Crippen LogP contribution in [0.4, 0.5) is 0 Å². The first-order valence-electron chi connectivity index (χ1n) is 5.67. The summed E-state index contributed by atoms with van der Waals surface area (Å²) >= 11 is 0. The summed E-state index contributed by atoms with van der Waals surface area (Å²) in [5, 5.41) is 0. The van der Waals surface area contributed by atoms with Gasteiger partial charge in [0.2, 0.25) is 0 Å². The molecule has 1 aromatic rings. The Kier molecular flexibility index (Phi) is 3.98. The Hall–Kier alpha value is -1.55. The van der Waals surface area contributed by atoms with E-state index in [0.29, 0.717) is 26.2 Å². The van der Waals surface area contributed by atoms with Gasteiger partial charge >= 0.3 is 5.97 Å². The van der Waals surface area contributed by atoms with Crippen molar-refractivity contribution in [3.05, 3.63) is 29.8 Å². The molecule has 0 saturated carbocycles. The molecule has 1 heterocycles. The van der Waals surface area contributed by atoms with Gasteiger partial charge in [0.05, 0.1) is 19.6 Å². The topological polar surface area (TPSA) is 44.8 Å². The predicted molar refractivity (Wildman–Crippen MR) is 62.1 cm³/mol. The fourth-order valence-electron chi connectivity index (χ4n) is 1.83. The summed E-state index contributed by atoms with van der Waals surface area (Å²) < 4.78 is 15.4.